The van der Waals surface area contributed by atoms with Crippen LogP contribution in [0.2, 0.25) is 0 Å². The van der Waals surface area contributed by atoms with E-state index in [0.717, 1.165) is 25.1 Å². The Kier molecular flexibility index (Phi) is 4.58. The molecule has 0 radical (unpaired) electrons. The van der Waals surface area contributed by atoms with Gasteiger partial charge in [-0.1, -0.05) is 29.8 Å². The molecular weight excluding hydrogens is 246 g/mol. The fourth-order valence-corrected chi connectivity index (χ4v) is 3.12. The molecule has 3 heteroatoms. The molecule has 0 aliphatic carbocycles. The van der Waals surface area contributed by atoms with Crippen LogP contribution in [0.15, 0.2) is 18.3 Å². The fourth-order valence-electron chi connectivity index (χ4n) is 3.12. The highest BCUT2D eigenvalue weighted by Crippen LogP contribution is 2.30. The van der Waals surface area contributed by atoms with Crippen LogP contribution in [-0.2, 0) is 13.0 Å². The molecule has 20 heavy (non-hydrogen) atoms. The van der Waals surface area contributed by atoms with Gasteiger partial charge in [-0.15, -0.1) is 5.10 Å². The molecule has 1 aromatic heterocycles. The lowest BCUT2D eigenvalue weighted by Gasteiger charge is -2.20. The van der Waals surface area contributed by atoms with Crippen LogP contribution in [-0.4, -0.2) is 15.0 Å². The smallest absolute Gasteiger partial charge is 0.0833 e. The summed E-state index contributed by atoms with van der Waals surface area (Å²) in [5, 5.41) is 8.43. The lowest BCUT2D eigenvalue weighted by molar-refractivity contribution is 0.623. The van der Waals surface area contributed by atoms with Crippen molar-refractivity contribution >= 4 is 0 Å². The largest absolute Gasteiger partial charge is 0.253 e. The number of aromatic nitrogens is 3. The Balaban J connectivity index is 2.28. The molecule has 1 heterocycles. The molecule has 0 fully saturated rings. The first-order valence-corrected chi connectivity index (χ1v) is 7.51. The summed E-state index contributed by atoms with van der Waals surface area (Å²) in [7, 11) is 0. The van der Waals surface area contributed by atoms with Gasteiger partial charge < -0.3 is 0 Å². The van der Waals surface area contributed by atoms with E-state index in [2.05, 4.69) is 63.3 Å². The monoisotopic (exact) mass is 271 g/mol. The van der Waals surface area contributed by atoms with Crippen molar-refractivity contribution in [3.63, 3.8) is 0 Å². The minimum Gasteiger partial charge on any atom is -0.253 e. The Morgan fingerprint density at radius 1 is 1.10 bits per heavy atom. The van der Waals surface area contributed by atoms with Gasteiger partial charge in [-0.25, -0.2) is 0 Å². The first-order chi connectivity index (χ1) is 9.55. The summed E-state index contributed by atoms with van der Waals surface area (Å²) in [4.78, 5) is 0. The molecule has 0 bridgehead atoms. The number of rotatable bonds is 5. The quantitative estimate of drug-likeness (QED) is 0.824. The van der Waals surface area contributed by atoms with Gasteiger partial charge in [0.25, 0.3) is 0 Å². The van der Waals surface area contributed by atoms with Gasteiger partial charge in [-0.3, -0.25) is 4.68 Å². The maximum absolute atomic E-state index is 4.29. The molecule has 1 aromatic carbocycles. The molecular formula is C17H25N3. The Hall–Kier alpha value is -1.64. The van der Waals surface area contributed by atoms with Gasteiger partial charge in [0.05, 0.1) is 5.69 Å². The van der Waals surface area contributed by atoms with Crippen LogP contribution in [0.25, 0.3) is 0 Å². The Bertz CT molecular complexity index is 561. The molecule has 0 saturated heterocycles. The Labute approximate surface area is 122 Å². The van der Waals surface area contributed by atoms with Gasteiger partial charge in [0.15, 0.2) is 0 Å². The minimum atomic E-state index is 0.526. The van der Waals surface area contributed by atoms with Crippen molar-refractivity contribution in [3.05, 3.63) is 46.3 Å². The zero-order valence-electron chi connectivity index (χ0n) is 13.3. The van der Waals surface area contributed by atoms with Crippen molar-refractivity contribution < 1.29 is 0 Å². The predicted octanol–water partition coefficient (Wildman–Crippen LogP) is 3.96. The normalized spacial score (nSPS) is 12.7. The SMILES string of the molecule is CCC(Cc1cn(CC)nn1)c1c(C)cc(C)cc1C. The zero-order valence-corrected chi connectivity index (χ0v) is 13.3. The second kappa shape index (κ2) is 6.21. The molecule has 2 rings (SSSR count). The second-order valence-corrected chi connectivity index (χ2v) is 5.69. The molecule has 0 spiro atoms. The third-order valence-corrected chi connectivity index (χ3v) is 4.00. The minimum absolute atomic E-state index is 0.526. The van der Waals surface area contributed by atoms with Crippen LogP contribution in [0.3, 0.4) is 0 Å². The van der Waals surface area contributed by atoms with Crippen molar-refractivity contribution in [2.75, 3.05) is 0 Å². The first kappa shape index (κ1) is 14.8. The molecule has 1 atom stereocenters. The van der Waals surface area contributed by atoms with Gasteiger partial charge in [0, 0.05) is 12.7 Å². The van der Waals surface area contributed by atoms with Gasteiger partial charge >= 0.3 is 0 Å². The molecule has 0 aliphatic heterocycles. The van der Waals surface area contributed by atoms with Crippen molar-refractivity contribution in [2.24, 2.45) is 0 Å². The Morgan fingerprint density at radius 2 is 1.75 bits per heavy atom. The van der Waals surface area contributed by atoms with Crippen LogP contribution >= 0.6 is 0 Å². The standard InChI is InChI=1S/C17H25N3/c1-6-15(10-16-11-20(7-2)19-18-16)17-13(4)8-12(3)9-14(17)5/h8-9,11,15H,6-7,10H2,1-5H3. The van der Waals surface area contributed by atoms with Crippen molar-refractivity contribution in [1.82, 2.24) is 15.0 Å². The molecule has 1 unspecified atom stereocenters. The number of nitrogens with zero attached hydrogens (tertiary/aromatic N) is 3. The third kappa shape index (κ3) is 3.09. The van der Waals surface area contributed by atoms with E-state index in [1.807, 2.05) is 4.68 Å². The zero-order chi connectivity index (χ0) is 14.7. The van der Waals surface area contributed by atoms with E-state index < -0.39 is 0 Å². The molecule has 3 nitrogen and oxygen atoms in total. The van der Waals surface area contributed by atoms with E-state index in [-0.39, 0.29) is 0 Å². The predicted molar refractivity (Wildman–Crippen MR) is 83.1 cm³/mol. The van der Waals surface area contributed by atoms with Crippen molar-refractivity contribution in [3.8, 4) is 0 Å². The van der Waals surface area contributed by atoms with E-state index in [1.165, 1.54) is 22.3 Å². The fraction of sp³-hybridized carbons (Fsp3) is 0.529. The van der Waals surface area contributed by atoms with Crippen LogP contribution in [0.5, 0.6) is 0 Å². The van der Waals surface area contributed by atoms with Crippen molar-refractivity contribution in [1.29, 1.82) is 0 Å². The third-order valence-electron chi connectivity index (χ3n) is 4.00. The molecule has 0 N–H and O–H groups in total. The second-order valence-electron chi connectivity index (χ2n) is 5.69. The van der Waals surface area contributed by atoms with Crippen molar-refractivity contribution in [2.45, 2.75) is 59.9 Å². The number of hydrogen-bond donors (Lipinski definition) is 0. The summed E-state index contributed by atoms with van der Waals surface area (Å²) in [5.41, 5.74) is 6.73. The molecule has 2 aromatic rings. The van der Waals surface area contributed by atoms with Crippen LogP contribution < -0.4 is 0 Å². The molecule has 108 valence electrons. The first-order valence-electron chi connectivity index (χ1n) is 7.51. The van der Waals surface area contributed by atoms with Crippen LogP contribution in [0.4, 0.5) is 0 Å². The number of benzene rings is 1. The van der Waals surface area contributed by atoms with Crippen LogP contribution in [0.1, 0.15) is 54.1 Å². The van der Waals surface area contributed by atoms with Crippen LogP contribution in [0, 0.1) is 20.8 Å². The number of hydrogen-bond acceptors (Lipinski definition) is 2. The average Bonchev–Trinajstić information content (AvgIpc) is 2.84. The van der Waals surface area contributed by atoms with E-state index in [4.69, 9.17) is 0 Å². The molecule has 0 saturated carbocycles. The summed E-state index contributed by atoms with van der Waals surface area (Å²) in [6.07, 6.45) is 4.17. The highest BCUT2D eigenvalue weighted by atomic mass is 15.4. The van der Waals surface area contributed by atoms with Gasteiger partial charge in [-0.2, -0.15) is 0 Å². The summed E-state index contributed by atoms with van der Waals surface area (Å²) in [5.74, 6) is 0.526. The maximum atomic E-state index is 4.29. The van der Waals surface area contributed by atoms with Gasteiger partial charge in [-0.05, 0) is 63.1 Å². The van der Waals surface area contributed by atoms with E-state index in [9.17, 15) is 0 Å². The topological polar surface area (TPSA) is 30.7 Å². The average molecular weight is 271 g/mol. The van der Waals surface area contributed by atoms with E-state index in [0.29, 0.717) is 5.92 Å². The summed E-state index contributed by atoms with van der Waals surface area (Å²) >= 11 is 0. The highest BCUT2D eigenvalue weighted by molar-refractivity contribution is 5.40. The van der Waals surface area contributed by atoms with Gasteiger partial charge in [0.1, 0.15) is 0 Å². The highest BCUT2D eigenvalue weighted by Gasteiger charge is 2.17. The summed E-state index contributed by atoms with van der Waals surface area (Å²) in [6, 6.07) is 4.57. The molecule has 0 amide bonds. The van der Waals surface area contributed by atoms with E-state index in [1.54, 1.807) is 0 Å². The Morgan fingerprint density at radius 3 is 2.25 bits per heavy atom. The van der Waals surface area contributed by atoms with Gasteiger partial charge in [0.2, 0.25) is 0 Å². The summed E-state index contributed by atoms with van der Waals surface area (Å²) in [6.45, 7) is 11.8. The maximum Gasteiger partial charge on any atom is 0.0833 e. The lowest BCUT2D eigenvalue weighted by atomic mass is 9.85. The lowest BCUT2D eigenvalue weighted by Crippen LogP contribution is -2.07. The summed E-state index contributed by atoms with van der Waals surface area (Å²) < 4.78 is 1.90. The molecule has 0 aliphatic rings. The number of aryl methyl sites for hydroxylation is 4. The van der Waals surface area contributed by atoms with E-state index >= 15 is 0 Å².